The quantitative estimate of drug-likeness (QED) is 0.781. The second-order valence-electron chi connectivity index (χ2n) is 5.85. The Morgan fingerprint density at radius 3 is 2.95 bits per heavy atom. The van der Waals surface area contributed by atoms with E-state index in [0.29, 0.717) is 24.8 Å². The molecule has 3 rings (SSSR count). The summed E-state index contributed by atoms with van der Waals surface area (Å²) in [6, 6.07) is 7.94. The molecule has 1 aromatic rings. The molecule has 114 valence electrons. The summed E-state index contributed by atoms with van der Waals surface area (Å²) in [7, 11) is 0. The van der Waals surface area contributed by atoms with Gasteiger partial charge in [0.05, 0.1) is 13.2 Å². The van der Waals surface area contributed by atoms with Crippen LogP contribution < -0.4 is 4.74 Å². The largest absolute Gasteiger partial charge is 0.494 e. The van der Waals surface area contributed by atoms with E-state index in [-0.39, 0.29) is 11.9 Å². The van der Waals surface area contributed by atoms with E-state index >= 15 is 0 Å². The summed E-state index contributed by atoms with van der Waals surface area (Å²) in [6.45, 7) is 5.30. The van der Waals surface area contributed by atoms with Crippen LogP contribution in [-0.2, 0) is 4.74 Å². The molecule has 0 N–H and O–H groups in total. The summed E-state index contributed by atoms with van der Waals surface area (Å²) < 4.78 is 11.3. The van der Waals surface area contributed by atoms with E-state index in [1.54, 1.807) is 0 Å². The van der Waals surface area contributed by atoms with Crippen LogP contribution in [-0.4, -0.2) is 49.1 Å². The fraction of sp³-hybridized carbons (Fsp3) is 0.588. The van der Waals surface area contributed by atoms with Gasteiger partial charge in [0.2, 0.25) is 0 Å². The monoisotopic (exact) mass is 289 g/mol. The van der Waals surface area contributed by atoms with Gasteiger partial charge in [-0.3, -0.25) is 9.69 Å². The maximum atomic E-state index is 12.5. The number of fused-ring (bicyclic) bond motifs is 1. The Morgan fingerprint density at radius 1 is 1.38 bits per heavy atom. The first-order chi connectivity index (χ1) is 10.3. The molecule has 2 aliphatic heterocycles. The molecule has 2 heterocycles. The number of hydrogen-bond donors (Lipinski definition) is 0. The number of nitrogens with zero attached hydrogens (tertiary/aromatic N) is 1. The van der Waals surface area contributed by atoms with Gasteiger partial charge in [0.1, 0.15) is 11.9 Å². The molecule has 2 unspecified atom stereocenters. The lowest BCUT2D eigenvalue weighted by Crippen LogP contribution is -2.49. The zero-order chi connectivity index (χ0) is 14.7. The lowest BCUT2D eigenvalue weighted by Gasteiger charge is -2.34. The number of carbonyl (C=O) groups is 1. The molecule has 2 atom stereocenters. The maximum absolute atomic E-state index is 12.5. The van der Waals surface area contributed by atoms with Crippen molar-refractivity contribution in [1.29, 1.82) is 0 Å². The molecule has 2 aliphatic rings. The first kappa shape index (κ1) is 14.5. The third-order valence-electron chi connectivity index (χ3n) is 4.29. The van der Waals surface area contributed by atoms with Gasteiger partial charge in [0, 0.05) is 18.2 Å². The molecule has 0 radical (unpaired) electrons. The van der Waals surface area contributed by atoms with Gasteiger partial charge >= 0.3 is 0 Å². The molecule has 2 saturated heterocycles. The Kier molecular flexibility index (Phi) is 4.56. The molecule has 0 bridgehead atoms. The van der Waals surface area contributed by atoms with E-state index in [1.165, 1.54) is 12.8 Å². The Hall–Kier alpha value is -1.39. The molecule has 2 fully saturated rings. The van der Waals surface area contributed by atoms with Gasteiger partial charge in [0.15, 0.2) is 5.78 Å². The zero-order valence-corrected chi connectivity index (χ0v) is 12.6. The SMILES string of the molecule is CCCOc1ccc(C(=O)C2CN3CCCC3CO2)cc1. The number of Topliss-reactive ketones (excluding diaryl/α,β-unsaturated/α-hetero) is 1. The molecule has 0 saturated carbocycles. The van der Waals surface area contributed by atoms with Crippen LogP contribution >= 0.6 is 0 Å². The van der Waals surface area contributed by atoms with Crippen LogP contribution in [0.25, 0.3) is 0 Å². The van der Waals surface area contributed by atoms with Crippen molar-refractivity contribution < 1.29 is 14.3 Å². The van der Waals surface area contributed by atoms with Gasteiger partial charge in [0.25, 0.3) is 0 Å². The van der Waals surface area contributed by atoms with Crippen LogP contribution in [0.5, 0.6) is 5.75 Å². The minimum atomic E-state index is -0.318. The zero-order valence-electron chi connectivity index (χ0n) is 12.6. The molecule has 0 spiro atoms. The number of ether oxygens (including phenoxy) is 2. The lowest BCUT2D eigenvalue weighted by atomic mass is 10.0. The normalized spacial score (nSPS) is 25.6. The summed E-state index contributed by atoms with van der Waals surface area (Å²) in [5, 5.41) is 0. The minimum Gasteiger partial charge on any atom is -0.494 e. The summed E-state index contributed by atoms with van der Waals surface area (Å²) in [4.78, 5) is 14.9. The number of carbonyl (C=O) groups excluding carboxylic acids is 1. The third kappa shape index (κ3) is 3.27. The van der Waals surface area contributed by atoms with Gasteiger partial charge in [-0.05, 0) is 50.1 Å². The van der Waals surface area contributed by atoms with Crippen molar-refractivity contribution in [2.24, 2.45) is 0 Å². The van der Waals surface area contributed by atoms with Gasteiger partial charge in [-0.25, -0.2) is 0 Å². The van der Waals surface area contributed by atoms with Crippen molar-refractivity contribution in [3.63, 3.8) is 0 Å². The van der Waals surface area contributed by atoms with Gasteiger partial charge in [-0.1, -0.05) is 6.92 Å². The minimum absolute atomic E-state index is 0.0855. The fourth-order valence-electron chi connectivity index (χ4n) is 3.10. The predicted molar refractivity (Wildman–Crippen MR) is 80.9 cm³/mol. The lowest BCUT2D eigenvalue weighted by molar-refractivity contribution is -0.0344. The van der Waals surface area contributed by atoms with Crippen molar-refractivity contribution >= 4 is 5.78 Å². The maximum Gasteiger partial charge on any atom is 0.192 e. The van der Waals surface area contributed by atoms with Gasteiger partial charge < -0.3 is 9.47 Å². The van der Waals surface area contributed by atoms with Crippen LogP contribution in [0, 0.1) is 0 Å². The standard InChI is InChI=1S/C17H23NO3/c1-2-10-20-15-7-5-13(6-8-15)17(19)16-11-18-9-3-4-14(18)12-21-16/h5-8,14,16H,2-4,9-12H2,1H3. The number of benzene rings is 1. The Morgan fingerprint density at radius 2 is 2.19 bits per heavy atom. The first-order valence-corrected chi connectivity index (χ1v) is 7.90. The number of ketones is 1. The van der Waals surface area contributed by atoms with Gasteiger partial charge in [-0.2, -0.15) is 0 Å². The van der Waals surface area contributed by atoms with Crippen molar-refractivity contribution in [1.82, 2.24) is 4.90 Å². The van der Waals surface area contributed by atoms with E-state index in [0.717, 1.165) is 25.3 Å². The number of hydrogen-bond acceptors (Lipinski definition) is 4. The van der Waals surface area contributed by atoms with Crippen LogP contribution in [0.2, 0.25) is 0 Å². The van der Waals surface area contributed by atoms with Crippen LogP contribution in [0.3, 0.4) is 0 Å². The summed E-state index contributed by atoms with van der Waals surface area (Å²) in [5.74, 6) is 0.903. The molecule has 4 nitrogen and oxygen atoms in total. The number of rotatable bonds is 5. The van der Waals surface area contributed by atoms with Crippen molar-refractivity contribution in [3.8, 4) is 5.75 Å². The topological polar surface area (TPSA) is 38.8 Å². The van der Waals surface area contributed by atoms with Crippen LogP contribution in [0.4, 0.5) is 0 Å². The van der Waals surface area contributed by atoms with Crippen molar-refractivity contribution in [3.05, 3.63) is 29.8 Å². The molecule has 0 aromatic heterocycles. The van der Waals surface area contributed by atoms with E-state index in [9.17, 15) is 4.79 Å². The first-order valence-electron chi connectivity index (χ1n) is 7.90. The highest BCUT2D eigenvalue weighted by Gasteiger charge is 2.35. The smallest absolute Gasteiger partial charge is 0.192 e. The summed E-state index contributed by atoms with van der Waals surface area (Å²) in [6.07, 6.45) is 3.08. The van der Waals surface area contributed by atoms with Crippen LogP contribution in [0.15, 0.2) is 24.3 Å². The summed E-state index contributed by atoms with van der Waals surface area (Å²) >= 11 is 0. The predicted octanol–water partition coefficient (Wildman–Crippen LogP) is 2.52. The molecular weight excluding hydrogens is 266 g/mol. The molecular formula is C17H23NO3. The highest BCUT2D eigenvalue weighted by atomic mass is 16.5. The van der Waals surface area contributed by atoms with Crippen LogP contribution in [0.1, 0.15) is 36.5 Å². The fourth-order valence-corrected chi connectivity index (χ4v) is 3.10. The highest BCUT2D eigenvalue weighted by Crippen LogP contribution is 2.24. The highest BCUT2D eigenvalue weighted by molar-refractivity contribution is 5.99. The average molecular weight is 289 g/mol. The molecule has 0 amide bonds. The second kappa shape index (κ2) is 6.58. The van der Waals surface area contributed by atoms with Crippen molar-refractivity contribution in [2.45, 2.75) is 38.3 Å². The Bertz CT molecular complexity index is 485. The molecule has 21 heavy (non-hydrogen) atoms. The van der Waals surface area contributed by atoms with E-state index < -0.39 is 0 Å². The third-order valence-corrected chi connectivity index (χ3v) is 4.29. The van der Waals surface area contributed by atoms with Crippen molar-refractivity contribution in [2.75, 3.05) is 26.3 Å². The van der Waals surface area contributed by atoms with E-state index in [2.05, 4.69) is 11.8 Å². The Labute approximate surface area is 126 Å². The molecule has 4 heteroatoms. The summed E-state index contributed by atoms with van der Waals surface area (Å²) in [5.41, 5.74) is 0.710. The van der Waals surface area contributed by atoms with Gasteiger partial charge in [-0.15, -0.1) is 0 Å². The van der Waals surface area contributed by atoms with E-state index in [1.807, 2.05) is 24.3 Å². The van der Waals surface area contributed by atoms with E-state index in [4.69, 9.17) is 9.47 Å². The Balaban J connectivity index is 1.62. The number of morpholine rings is 1. The average Bonchev–Trinajstić information content (AvgIpc) is 3.00. The molecule has 1 aromatic carbocycles. The molecule has 0 aliphatic carbocycles. The second-order valence-corrected chi connectivity index (χ2v) is 5.85.